The minimum absolute atomic E-state index is 0.189. The number of rotatable bonds is 8. The predicted octanol–water partition coefficient (Wildman–Crippen LogP) is 4.76. The minimum atomic E-state index is -0.194. The number of anilines is 1. The molecule has 0 aliphatic rings. The average Bonchev–Trinajstić information content (AvgIpc) is 3.10. The number of fused-ring (bicyclic) bond motifs is 1. The Hall–Kier alpha value is -2.86. The zero-order chi connectivity index (χ0) is 19.1. The topological polar surface area (TPSA) is 79.0 Å². The van der Waals surface area contributed by atoms with Gasteiger partial charge in [0.25, 0.3) is 0 Å². The van der Waals surface area contributed by atoms with Gasteiger partial charge in [-0.1, -0.05) is 43.7 Å². The number of benzene rings is 2. The first-order valence-corrected chi connectivity index (χ1v) is 9.36. The molecule has 0 spiro atoms. The molecule has 6 heteroatoms. The number of ether oxygens (including phenoxy) is 1. The highest BCUT2D eigenvalue weighted by Crippen LogP contribution is 2.26. The van der Waals surface area contributed by atoms with E-state index in [9.17, 15) is 4.79 Å². The van der Waals surface area contributed by atoms with Gasteiger partial charge in [-0.25, -0.2) is 9.78 Å². The van der Waals surface area contributed by atoms with Crippen LogP contribution in [-0.2, 0) is 11.3 Å². The van der Waals surface area contributed by atoms with Crippen molar-refractivity contribution in [2.24, 2.45) is 0 Å². The zero-order valence-electron chi connectivity index (χ0n) is 15.8. The largest absolute Gasteiger partial charge is 0.366 e. The number of nitrogens with zero attached hydrogens (tertiary/aromatic N) is 1. The highest BCUT2D eigenvalue weighted by atomic mass is 16.5. The molecule has 0 radical (unpaired) electrons. The molecule has 0 bridgehead atoms. The Kier molecular flexibility index (Phi) is 6.44. The van der Waals surface area contributed by atoms with Crippen molar-refractivity contribution < 1.29 is 9.53 Å². The monoisotopic (exact) mass is 366 g/mol. The highest BCUT2D eigenvalue weighted by Gasteiger charge is 2.14. The van der Waals surface area contributed by atoms with Crippen molar-refractivity contribution in [2.45, 2.75) is 39.4 Å². The number of nitrogens with one attached hydrogen (secondary N) is 3. The third-order valence-corrected chi connectivity index (χ3v) is 4.37. The summed E-state index contributed by atoms with van der Waals surface area (Å²) in [6, 6.07) is 15.4. The summed E-state index contributed by atoms with van der Waals surface area (Å²) in [5, 5.41) is 5.78. The summed E-state index contributed by atoms with van der Waals surface area (Å²) in [6.45, 7) is 5.10. The van der Waals surface area contributed by atoms with E-state index in [4.69, 9.17) is 4.74 Å². The minimum Gasteiger partial charge on any atom is -0.366 e. The van der Waals surface area contributed by atoms with Crippen LogP contribution in [0.3, 0.4) is 0 Å². The Balaban J connectivity index is 1.62. The maximum absolute atomic E-state index is 12.1. The molecule has 0 saturated heterocycles. The van der Waals surface area contributed by atoms with Gasteiger partial charge in [0.2, 0.25) is 0 Å². The molecule has 3 aromatic rings. The molecular formula is C21H26N4O2. The van der Waals surface area contributed by atoms with Crippen LogP contribution in [0, 0.1) is 0 Å². The van der Waals surface area contributed by atoms with Crippen molar-refractivity contribution >= 4 is 22.8 Å². The van der Waals surface area contributed by atoms with Crippen molar-refractivity contribution in [3.8, 4) is 0 Å². The number of H-pyrrole nitrogens is 1. The number of para-hydroxylation sites is 3. The second kappa shape index (κ2) is 9.19. The van der Waals surface area contributed by atoms with Gasteiger partial charge in [0.05, 0.1) is 17.1 Å². The van der Waals surface area contributed by atoms with Crippen LogP contribution in [0.2, 0.25) is 0 Å². The molecule has 3 N–H and O–H groups in total. The van der Waals surface area contributed by atoms with Crippen LogP contribution in [-0.4, -0.2) is 22.5 Å². The van der Waals surface area contributed by atoms with Crippen molar-refractivity contribution in [1.82, 2.24) is 15.3 Å². The van der Waals surface area contributed by atoms with Gasteiger partial charge in [0, 0.05) is 17.8 Å². The van der Waals surface area contributed by atoms with Gasteiger partial charge in [-0.15, -0.1) is 0 Å². The highest BCUT2D eigenvalue weighted by molar-refractivity contribution is 5.90. The number of hydrogen-bond acceptors (Lipinski definition) is 3. The molecule has 142 valence electrons. The summed E-state index contributed by atoms with van der Waals surface area (Å²) in [6.07, 6.45) is 1.82. The first-order valence-electron chi connectivity index (χ1n) is 9.36. The van der Waals surface area contributed by atoms with Crippen LogP contribution < -0.4 is 10.6 Å². The lowest BCUT2D eigenvalue weighted by atomic mass is 10.1. The van der Waals surface area contributed by atoms with E-state index in [0.29, 0.717) is 13.2 Å². The number of unbranched alkanes of at least 4 members (excludes halogenated alkanes) is 1. The second-order valence-corrected chi connectivity index (χ2v) is 6.48. The number of hydrogen-bond donors (Lipinski definition) is 3. The second-order valence-electron chi connectivity index (χ2n) is 6.48. The Labute approximate surface area is 159 Å². The Bertz CT molecular complexity index is 858. The first kappa shape index (κ1) is 18.9. The van der Waals surface area contributed by atoms with Crippen LogP contribution in [0.15, 0.2) is 48.5 Å². The number of aromatic nitrogens is 2. The molecule has 2 amide bonds. The predicted molar refractivity (Wildman–Crippen MR) is 108 cm³/mol. The standard InChI is InChI=1S/C21H26N4O2/c1-3-4-13-22-21(26)25-17-10-6-5-9-16(17)15(2)27-14-20-23-18-11-7-8-12-19(18)24-20/h5-12,15H,3-4,13-14H2,1-2H3,(H,23,24)(H2,22,25,26). The zero-order valence-corrected chi connectivity index (χ0v) is 15.8. The summed E-state index contributed by atoms with van der Waals surface area (Å²) >= 11 is 0. The van der Waals surface area contributed by atoms with E-state index < -0.39 is 0 Å². The van der Waals surface area contributed by atoms with Gasteiger partial charge in [-0.05, 0) is 31.5 Å². The molecule has 0 fully saturated rings. The number of carbonyl (C=O) groups excluding carboxylic acids is 1. The van der Waals surface area contributed by atoms with Crippen molar-refractivity contribution in [3.63, 3.8) is 0 Å². The Morgan fingerprint density at radius 1 is 1.19 bits per heavy atom. The molecule has 3 rings (SSSR count). The van der Waals surface area contributed by atoms with Crippen LogP contribution >= 0.6 is 0 Å². The van der Waals surface area contributed by atoms with Crippen LogP contribution in [0.25, 0.3) is 11.0 Å². The van der Waals surface area contributed by atoms with Crippen molar-refractivity contribution in [1.29, 1.82) is 0 Å². The number of amides is 2. The average molecular weight is 366 g/mol. The molecule has 6 nitrogen and oxygen atoms in total. The van der Waals surface area contributed by atoms with E-state index in [1.165, 1.54) is 0 Å². The van der Waals surface area contributed by atoms with Crippen molar-refractivity contribution in [3.05, 3.63) is 59.9 Å². The van der Waals surface area contributed by atoms with Gasteiger partial charge in [-0.3, -0.25) is 0 Å². The van der Waals surface area contributed by atoms with Crippen LogP contribution in [0.5, 0.6) is 0 Å². The van der Waals surface area contributed by atoms with Gasteiger partial charge in [-0.2, -0.15) is 0 Å². The maximum atomic E-state index is 12.1. The summed E-state index contributed by atoms with van der Waals surface area (Å²) in [5.41, 5.74) is 3.60. The smallest absolute Gasteiger partial charge is 0.319 e. The Morgan fingerprint density at radius 2 is 1.96 bits per heavy atom. The first-order chi connectivity index (χ1) is 13.2. The fraction of sp³-hybridized carbons (Fsp3) is 0.333. The quantitative estimate of drug-likeness (QED) is 0.503. The molecule has 1 atom stereocenters. The fourth-order valence-electron chi connectivity index (χ4n) is 2.88. The Morgan fingerprint density at radius 3 is 2.78 bits per heavy atom. The molecule has 1 aromatic heterocycles. The molecule has 1 unspecified atom stereocenters. The van der Waals surface area contributed by atoms with E-state index in [2.05, 4.69) is 27.5 Å². The maximum Gasteiger partial charge on any atom is 0.319 e. The molecule has 1 heterocycles. The molecule has 27 heavy (non-hydrogen) atoms. The summed E-state index contributed by atoms with van der Waals surface area (Å²) in [5.74, 6) is 0.783. The van der Waals surface area contributed by atoms with E-state index in [1.54, 1.807) is 0 Å². The molecule has 0 aliphatic heterocycles. The molecule has 0 aliphatic carbocycles. The third-order valence-electron chi connectivity index (χ3n) is 4.37. The van der Waals surface area contributed by atoms with Gasteiger partial charge in [0.1, 0.15) is 12.4 Å². The van der Waals surface area contributed by atoms with E-state index >= 15 is 0 Å². The van der Waals surface area contributed by atoms with E-state index in [-0.39, 0.29) is 12.1 Å². The normalized spacial score (nSPS) is 12.1. The van der Waals surface area contributed by atoms with Crippen LogP contribution in [0.4, 0.5) is 10.5 Å². The number of aromatic amines is 1. The third kappa shape index (κ3) is 5.08. The fourth-order valence-corrected chi connectivity index (χ4v) is 2.88. The van der Waals surface area contributed by atoms with E-state index in [0.717, 1.165) is 41.0 Å². The van der Waals surface area contributed by atoms with Crippen molar-refractivity contribution in [2.75, 3.05) is 11.9 Å². The number of urea groups is 1. The number of carbonyl (C=O) groups is 1. The van der Waals surface area contributed by atoms with Gasteiger partial charge < -0.3 is 20.4 Å². The summed E-state index contributed by atoms with van der Waals surface area (Å²) < 4.78 is 6.00. The summed E-state index contributed by atoms with van der Waals surface area (Å²) in [7, 11) is 0. The number of imidazole rings is 1. The molecule has 2 aromatic carbocycles. The molecule has 0 saturated carbocycles. The molecular weight excluding hydrogens is 340 g/mol. The summed E-state index contributed by atoms with van der Waals surface area (Å²) in [4.78, 5) is 19.9. The van der Waals surface area contributed by atoms with Crippen LogP contribution in [0.1, 0.15) is 44.2 Å². The lowest BCUT2D eigenvalue weighted by molar-refractivity contribution is 0.0493. The SMILES string of the molecule is CCCCNC(=O)Nc1ccccc1C(C)OCc1nc2ccccc2[nH]1. The van der Waals surface area contributed by atoms with E-state index in [1.807, 2.05) is 55.5 Å². The lowest BCUT2D eigenvalue weighted by Crippen LogP contribution is -2.30. The van der Waals surface area contributed by atoms with Gasteiger partial charge in [0.15, 0.2) is 0 Å². The lowest BCUT2D eigenvalue weighted by Gasteiger charge is -2.17. The van der Waals surface area contributed by atoms with Gasteiger partial charge >= 0.3 is 6.03 Å².